The second-order valence-electron chi connectivity index (χ2n) is 8.48. The van der Waals surface area contributed by atoms with Crippen molar-refractivity contribution in [3.8, 4) is 11.3 Å². The van der Waals surface area contributed by atoms with Crippen molar-refractivity contribution in [2.75, 3.05) is 14.1 Å². The number of hydrogen-bond donors (Lipinski definition) is 0. The zero-order valence-electron chi connectivity index (χ0n) is 16.5. The van der Waals surface area contributed by atoms with Crippen LogP contribution >= 0.6 is 0 Å². The zero-order valence-corrected chi connectivity index (χ0v) is 16.5. The Balaban J connectivity index is 1.84. The Hall–Kier alpha value is -2.63. The summed E-state index contributed by atoms with van der Waals surface area (Å²) < 4.78 is 28.5. The van der Waals surface area contributed by atoms with Crippen molar-refractivity contribution in [2.45, 2.75) is 38.0 Å². The lowest BCUT2D eigenvalue weighted by Crippen LogP contribution is -2.34. The van der Waals surface area contributed by atoms with E-state index in [-0.39, 0.29) is 28.5 Å². The summed E-state index contributed by atoms with van der Waals surface area (Å²) in [6, 6.07) is 5.56. The highest BCUT2D eigenvalue weighted by molar-refractivity contribution is 5.87. The summed E-state index contributed by atoms with van der Waals surface area (Å²) >= 11 is 0. The number of carbonyl (C=O) groups is 1. The quantitative estimate of drug-likeness (QED) is 0.746. The Kier molecular flexibility index (Phi) is 4.14. The van der Waals surface area contributed by atoms with E-state index in [1.807, 2.05) is 6.08 Å². The maximum atomic E-state index is 14.2. The van der Waals surface area contributed by atoms with Crippen LogP contribution in [0.3, 0.4) is 0 Å². The molecule has 28 heavy (non-hydrogen) atoms. The predicted molar refractivity (Wildman–Crippen MR) is 103 cm³/mol. The number of rotatable bonds is 3. The minimum absolute atomic E-state index is 0.0833. The molecule has 6 heteroatoms. The van der Waals surface area contributed by atoms with Gasteiger partial charge in [0.15, 0.2) is 0 Å². The van der Waals surface area contributed by atoms with Crippen LogP contribution in [0, 0.1) is 17.0 Å². The molecule has 0 radical (unpaired) electrons. The largest absolute Gasteiger partial charge is 0.345 e. The molecule has 2 aliphatic rings. The maximum absolute atomic E-state index is 14.2. The number of carbonyl (C=O) groups excluding carboxylic acids is 1. The second-order valence-corrected chi connectivity index (χ2v) is 8.48. The second kappa shape index (κ2) is 6.19. The fourth-order valence-corrected chi connectivity index (χ4v) is 4.96. The number of allylic oxidation sites excluding steroid dienone is 1. The Bertz CT molecular complexity index is 979. The number of likely N-dealkylation sites (N-methyl/N-ethyl adjacent to an activating group) is 1. The topological polar surface area (TPSA) is 46.1 Å². The minimum atomic E-state index is -0.650. The standard InChI is InChI=1S/C22H23F2N3O/c1-21(2)14-8-10-22(21,11-9-18(28)27(3)4)20-13(14)12-17(25-26-20)19-15(23)6-5-7-16(19)24/h5-7,9,11-12,14H,8,10H2,1-4H3/b11-9+/t14-,22-/m0/s1. The lowest BCUT2D eigenvalue weighted by Gasteiger charge is -2.35. The van der Waals surface area contributed by atoms with Gasteiger partial charge in [0.05, 0.1) is 17.0 Å². The number of fused-ring (bicyclic) bond motifs is 5. The van der Waals surface area contributed by atoms with E-state index in [1.54, 1.807) is 26.2 Å². The van der Waals surface area contributed by atoms with E-state index in [0.29, 0.717) is 0 Å². The first kappa shape index (κ1) is 18.7. The molecule has 1 saturated carbocycles. The van der Waals surface area contributed by atoms with Gasteiger partial charge in [0.2, 0.25) is 5.91 Å². The van der Waals surface area contributed by atoms with E-state index in [0.717, 1.165) is 24.1 Å². The van der Waals surface area contributed by atoms with Gasteiger partial charge in [0, 0.05) is 25.6 Å². The van der Waals surface area contributed by atoms with Crippen LogP contribution in [0.15, 0.2) is 36.4 Å². The molecule has 0 unspecified atom stereocenters. The fourth-order valence-electron chi connectivity index (χ4n) is 4.96. The normalized spacial score (nSPS) is 24.6. The summed E-state index contributed by atoms with van der Waals surface area (Å²) in [7, 11) is 3.43. The van der Waals surface area contributed by atoms with Crippen molar-refractivity contribution < 1.29 is 13.6 Å². The van der Waals surface area contributed by atoms with Gasteiger partial charge in [-0.05, 0) is 47.9 Å². The molecule has 0 spiro atoms. The molecular formula is C22H23F2N3O. The molecule has 2 atom stereocenters. The first-order valence-electron chi connectivity index (χ1n) is 9.42. The number of benzene rings is 1. The van der Waals surface area contributed by atoms with Crippen molar-refractivity contribution in [2.24, 2.45) is 5.41 Å². The van der Waals surface area contributed by atoms with Crippen LogP contribution in [0.2, 0.25) is 0 Å². The van der Waals surface area contributed by atoms with E-state index in [1.165, 1.54) is 23.1 Å². The smallest absolute Gasteiger partial charge is 0.245 e. The molecule has 2 bridgehead atoms. The van der Waals surface area contributed by atoms with E-state index < -0.39 is 17.0 Å². The lowest BCUT2D eigenvalue weighted by atomic mass is 9.68. The monoisotopic (exact) mass is 383 g/mol. The van der Waals surface area contributed by atoms with Gasteiger partial charge in [0.1, 0.15) is 11.6 Å². The van der Waals surface area contributed by atoms with Crippen molar-refractivity contribution in [3.63, 3.8) is 0 Å². The van der Waals surface area contributed by atoms with E-state index in [4.69, 9.17) is 0 Å². The van der Waals surface area contributed by atoms with Crippen LogP contribution in [0.5, 0.6) is 0 Å². The van der Waals surface area contributed by atoms with Crippen LogP contribution in [-0.4, -0.2) is 35.1 Å². The minimum Gasteiger partial charge on any atom is -0.345 e. The summed E-state index contributed by atoms with van der Waals surface area (Å²) in [6.07, 6.45) is 5.37. The highest BCUT2D eigenvalue weighted by Crippen LogP contribution is 2.68. The lowest BCUT2D eigenvalue weighted by molar-refractivity contribution is -0.123. The molecular weight excluding hydrogens is 360 g/mol. The molecule has 0 N–H and O–H groups in total. The molecule has 0 saturated heterocycles. The molecule has 1 heterocycles. The zero-order chi connectivity index (χ0) is 20.3. The van der Waals surface area contributed by atoms with Crippen molar-refractivity contribution in [1.82, 2.24) is 15.1 Å². The van der Waals surface area contributed by atoms with Gasteiger partial charge < -0.3 is 4.90 Å². The molecule has 2 aromatic rings. The Morgan fingerprint density at radius 1 is 1.21 bits per heavy atom. The third-order valence-corrected chi connectivity index (χ3v) is 6.64. The van der Waals surface area contributed by atoms with Crippen molar-refractivity contribution >= 4 is 5.91 Å². The molecule has 1 amide bonds. The van der Waals surface area contributed by atoms with Crippen LogP contribution in [0.1, 0.15) is 43.9 Å². The van der Waals surface area contributed by atoms with Gasteiger partial charge in [-0.25, -0.2) is 8.78 Å². The third kappa shape index (κ3) is 2.43. The SMILES string of the molecule is CN(C)C(=O)/C=C/[C@@]12CC[C@@H](c3cc(-c4c(F)cccc4F)nnc31)C2(C)C. The number of amides is 1. The summed E-state index contributed by atoms with van der Waals surface area (Å²) in [5.74, 6) is -1.18. The van der Waals surface area contributed by atoms with Crippen LogP contribution in [0.4, 0.5) is 8.78 Å². The number of hydrogen-bond acceptors (Lipinski definition) is 3. The van der Waals surface area contributed by atoms with Gasteiger partial charge in [-0.15, -0.1) is 5.10 Å². The first-order valence-corrected chi connectivity index (χ1v) is 9.42. The number of nitrogens with zero attached hydrogens (tertiary/aromatic N) is 3. The molecule has 1 aromatic carbocycles. The van der Waals surface area contributed by atoms with E-state index in [9.17, 15) is 13.6 Å². The van der Waals surface area contributed by atoms with Gasteiger partial charge in [-0.1, -0.05) is 26.0 Å². The fraction of sp³-hybridized carbons (Fsp3) is 0.409. The summed E-state index contributed by atoms with van der Waals surface area (Å²) in [5, 5.41) is 8.61. The molecule has 1 aromatic heterocycles. The van der Waals surface area contributed by atoms with E-state index in [2.05, 4.69) is 24.0 Å². The summed E-state index contributed by atoms with van der Waals surface area (Å²) in [4.78, 5) is 13.7. The van der Waals surface area contributed by atoms with E-state index >= 15 is 0 Å². The molecule has 4 rings (SSSR count). The van der Waals surface area contributed by atoms with Gasteiger partial charge >= 0.3 is 0 Å². The molecule has 146 valence electrons. The van der Waals surface area contributed by atoms with Crippen molar-refractivity contribution in [3.05, 3.63) is 59.3 Å². The van der Waals surface area contributed by atoms with Crippen LogP contribution in [-0.2, 0) is 10.2 Å². The van der Waals surface area contributed by atoms with Crippen LogP contribution in [0.25, 0.3) is 11.3 Å². The summed E-state index contributed by atoms with van der Waals surface area (Å²) in [6.45, 7) is 4.33. The Morgan fingerprint density at radius 3 is 2.54 bits per heavy atom. The average Bonchev–Trinajstić information content (AvgIpc) is 3.00. The average molecular weight is 383 g/mol. The van der Waals surface area contributed by atoms with Gasteiger partial charge in [0.25, 0.3) is 0 Å². The molecule has 0 aliphatic heterocycles. The number of aromatic nitrogens is 2. The molecule has 4 nitrogen and oxygen atoms in total. The van der Waals surface area contributed by atoms with Gasteiger partial charge in [-0.3, -0.25) is 4.79 Å². The molecule has 2 aliphatic carbocycles. The van der Waals surface area contributed by atoms with Crippen molar-refractivity contribution in [1.29, 1.82) is 0 Å². The third-order valence-electron chi connectivity index (χ3n) is 6.64. The Morgan fingerprint density at radius 2 is 1.89 bits per heavy atom. The molecule has 1 fully saturated rings. The Labute approximate surface area is 163 Å². The number of halogens is 2. The highest BCUT2D eigenvalue weighted by atomic mass is 19.1. The predicted octanol–water partition coefficient (Wildman–Crippen LogP) is 4.22. The summed E-state index contributed by atoms with van der Waals surface area (Å²) in [5.41, 5.74) is 1.28. The van der Waals surface area contributed by atoms with Crippen LogP contribution < -0.4 is 0 Å². The first-order chi connectivity index (χ1) is 13.2. The highest BCUT2D eigenvalue weighted by Gasteiger charge is 2.62. The van der Waals surface area contributed by atoms with Gasteiger partial charge in [-0.2, -0.15) is 5.10 Å². The maximum Gasteiger partial charge on any atom is 0.245 e.